The Labute approximate surface area is 333 Å². The molecule has 6 saturated carbocycles. The molecule has 1 spiro atoms. The number of hydrogen-bond acceptors (Lipinski definition) is 5. The summed E-state index contributed by atoms with van der Waals surface area (Å²) in [5.41, 5.74) is -1.23. The maximum atomic E-state index is 13.0. The summed E-state index contributed by atoms with van der Waals surface area (Å²) in [6, 6.07) is 10.5. The van der Waals surface area contributed by atoms with Crippen molar-refractivity contribution in [1.29, 1.82) is 0 Å². The van der Waals surface area contributed by atoms with Crippen LogP contribution in [-0.2, 0) is 16.0 Å². The molecule has 1 aromatic carbocycles. The van der Waals surface area contributed by atoms with Crippen molar-refractivity contribution in [3.05, 3.63) is 35.9 Å². The highest BCUT2D eigenvalue weighted by molar-refractivity contribution is 5.74. The van der Waals surface area contributed by atoms with Crippen LogP contribution in [0.25, 0.3) is 0 Å². The van der Waals surface area contributed by atoms with E-state index >= 15 is 0 Å². The number of benzene rings is 1. The number of carboxylic acids is 1. The predicted molar refractivity (Wildman–Crippen MR) is 217 cm³/mol. The van der Waals surface area contributed by atoms with Crippen molar-refractivity contribution in [2.24, 2.45) is 61.6 Å². The molecule has 6 heteroatoms. The fourth-order valence-electron chi connectivity index (χ4n) is 17.3. The van der Waals surface area contributed by atoms with Crippen LogP contribution >= 0.6 is 0 Å². The molecule has 6 nitrogen and oxygen atoms in total. The van der Waals surface area contributed by atoms with Gasteiger partial charge in [0, 0.05) is 23.2 Å². The van der Waals surface area contributed by atoms with Crippen molar-refractivity contribution in [2.45, 2.75) is 194 Å². The third-order valence-electron chi connectivity index (χ3n) is 20.0. The molecule has 0 amide bonds. The summed E-state index contributed by atoms with van der Waals surface area (Å²) in [4.78, 5) is 13.0. The molecule has 55 heavy (non-hydrogen) atoms. The number of carbonyl (C=O) groups is 1. The quantitative estimate of drug-likeness (QED) is 0.158. The van der Waals surface area contributed by atoms with Gasteiger partial charge in [0.05, 0.1) is 24.2 Å². The van der Waals surface area contributed by atoms with Crippen molar-refractivity contribution in [3.8, 4) is 0 Å². The summed E-state index contributed by atoms with van der Waals surface area (Å²) in [6.07, 6.45) is 21.8. The minimum Gasteiger partial charge on any atom is -0.481 e. The van der Waals surface area contributed by atoms with Gasteiger partial charge in [-0.15, -0.1) is 0 Å². The molecule has 0 radical (unpaired) electrons. The summed E-state index contributed by atoms with van der Waals surface area (Å²) in [5.74, 6) is -0.670. The summed E-state index contributed by atoms with van der Waals surface area (Å²) < 4.78 is 6.95. The predicted octanol–water partition coefficient (Wildman–Crippen LogP) is 10.5. The molecule has 4 N–H and O–H groups in total. The van der Waals surface area contributed by atoms with Crippen molar-refractivity contribution < 1.29 is 30.0 Å². The van der Waals surface area contributed by atoms with Crippen LogP contribution in [-0.4, -0.2) is 51.0 Å². The molecule has 1 aliphatic heterocycles. The normalized spacial score (nSPS) is 49.1. The number of aliphatic hydroxyl groups is 3. The fourth-order valence-corrected chi connectivity index (χ4v) is 17.3. The van der Waals surface area contributed by atoms with Gasteiger partial charge in [-0.2, -0.15) is 0 Å². The Hall–Kier alpha value is -1.47. The third-order valence-corrected chi connectivity index (χ3v) is 20.0. The van der Waals surface area contributed by atoms with E-state index in [0.29, 0.717) is 12.3 Å². The average Bonchev–Trinajstić information content (AvgIpc) is 3.73. The van der Waals surface area contributed by atoms with E-state index < -0.39 is 34.1 Å². The molecule has 2 bridgehead atoms. The highest BCUT2D eigenvalue weighted by Crippen LogP contribution is 2.84. The van der Waals surface area contributed by atoms with Gasteiger partial charge in [-0.05, 0) is 129 Å². The molecule has 308 valence electrons. The minimum atomic E-state index is -1.41. The van der Waals surface area contributed by atoms with E-state index in [0.717, 1.165) is 83.0 Å². The SMILES string of the molecule is CCC[C@@H]1[C@@]23CC[C@@H]4[C@@]5(C)CC[C@@]6(C)CC[C@@](C)(C(=O)O)C[C@H]6[C@]5(CCCCCC5CCCC5)CC[C@@]4(C)[C@]2(CO)[C@@H](O)C[C@]1(O)O[C@H]3Cc1ccccc1. The lowest BCUT2D eigenvalue weighted by atomic mass is 9.25. The van der Waals surface area contributed by atoms with Gasteiger partial charge < -0.3 is 25.2 Å². The second kappa shape index (κ2) is 14.1. The summed E-state index contributed by atoms with van der Waals surface area (Å²) in [6.45, 7) is 11.7. The number of unbranched alkanes of at least 4 members (excludes halogenated alkanes) is 2. The Bertz CT molecular complexity index is 1560. The van der Waals surface area contributed by atoms with Crippen LogP contribution in [0.5, 0.6) is 0 Å². The van der Waals surface area contributed by atoms with Crippen molar-refractivity contribution in [1.82, 2.24) is 0 Å². The average molecular weight is 761 g/mol. The molecule has 1 aromatic rings. The van der Waals surface area contributed by atoms with Gasteiger partial charge in [-0.25, -0.2) is 0 Å². The molecule has 1 heterocycles. The van der Waals surface area contributed by atoms with Gasteiger partial charge in [0.2, 0.25) is 0 Å². The number of aliphatic carboxylic acids is 1. The Balaban J connectivity index is 1.21. The van der Waals surface area contributed by atoms with Crippen molar-refractivity contribution >= 4 is 5.97 Å². The highest BCUT2D eigenvalue weighted by Gasteiger charge is 2.84. The van der Waals surface area contributed by atoms with Gasteiger partial charge in [-0.1, -0.05) is 116 Å². The lowest BCUT2D eigenvalue weighted by Crippen LogP contribution is -2.77. The number of hydrogen-bond donors (Lipinski definition) is 4. The van der Waals surface area contributed by atoms with E-state index in [1.807, 2.05) is 13.0 Å². The van der Waals surface area contributed by atoms with Gasteiger partial charge >= 0.3 is 5.97 Å². The van der Waals surface area contributed by atoms with Crippen LogP contribution in [0, 0.1) is 61.6 Å². The Morgan fingerprint density at radius 2 is 1.53 bits per heavy atom. The number of rotatable bonds is 12. The first-order valence-corrected chi connectivity index (χ1v) is 23.1. The lowest BCUT2D eigenvalue weighted by molar-refractivity contribution is -0.339. The van der Waals surface area contributed by atoms with Crippen molar-refractivity contribution in [2.75, 3.05) is 6.61 Å². The van der Waals surface area contributed by atoms with Crippen LogP contribution in [0.2, 0.25) is 0 Å². The molecular weight excluding hydrogens is 685 g/mol. The third kappa shape index (κ3) is 5.54. The van der Waals surface area contributed by atoms with Crippen LogP contribution in [0.15, 0.2) is 30.3 Å². The number of aliphatic hydroxyl groups excluding tert-OH is 2. The topological polar surface area (TPSA) is 107 Å². The van der Waals surface area contributed by atoms with Crippen molar-refractivity contribution in [3.63, 3.8) is 0 Å². The summed E-state index contributed by atoms with van der Waals surface area (Å²) >= 11 is 0. The maximum Gasteiger partial charge on any atom is 0.309 e. The van der Waals surface area contributed by atoms with E-state index in [2.05, 4.69) is 52.0 Å². The van der Waals surface area contributed by atoms with E-state index in [1.165, 1.54) is 56.9 Å². The molecule has 7 aliphatic rings. The molecule has 8 rings (SSSR count). The van der Waals surface area contributed by atoms with E-state index in [1.54, 1.807) is 0 Å². The zero-order valence-corrected chi connectivity index (χ0v) is 35.2. The Kier molecular flexibility index (Phi) is 10.3. The minimum absolute atomic E-state index is 0.00854. The van der Waals surface area contributed by atoms with Gasteiger partial charge in [0.25, 0.3) is 0 Å². The standard InChI is InChI=1S/C49H76O6/c1-6-15-37-47-23-21-36-44(4)27-26-42(2)24-25-43(3,41(52)53)31-38(42)46(44,22-14-8-11-16-34-17-12-13-18-34)29-28-45(36,5)48(47,33-50)39(51)32-49(37,54)55-40(47)30-35-19-9-7-10-20-35/h7,9-10,19-20,34,36-40,50-51,54H,6,8,11-18,21-33H2,1-5H3,(H,52,53)/t36-,37-,38-,39+,40+,42-,43-,44-,45-,46+,47-,48+,49+/m1/s1. The van der Waals surface area contributed by atoms with Gasteiger partial charge in [-0.3, -0.25) is 4.79 Å². The smallest absolute Gasteiger partial charge is 0.309 e. The van der Waals surface area contributed by atoms with E-state index in [4.69, 9.17) is 4.74 Å². The van der Waals surface area contributed by atoms with Gasteiger partial charge in [0.15, 0.2) is 5.79 Å². The maximum absolute atomic E-state index is 13.0. The Morgan fingerprint density at radius 3 is 2.22 bits per heavy atom. The molecule has 13 atom stereocenters. The Morgan fingerprint density at radius 1 is 0.818 bits per heavy atom. The summed E-state index contributed by atoms with van der Waals surface area (Å²) in [7, 11) is 0. The van der Waals surface area contributed by atoms with Crippen LogP contribution in [0.3, 0.4) is 0 Å². The van der Waals surface area contributed by atoms with Gasteiger partial charge in [0.1, 0.15) is 0 Å². The summed E-state index contributed by atoms with van der Waals surface area (Å²) in [5, 5.41) is 48.2. The largest absolute Gasteiger partial charge is 0.481 e. The molecule has 7 fully saturated rings. The first kappa shape index (κ1) is 40.3. The van der Waals surface area contributed by atoms with Crippen LogP contribution < -0.4 is 0 Å². The molecule has 0 unspecified atom stereocenters. The molecule has 6 aliphatic carbocycles. The molecule has 1 saturated heterocycles. The first-order chi connectivity index (χ1) is 26.1. The fraction of sp³-hybridized carbons (Fsp3) is 0.857. The zero-order chi connectivity index (χ0) is 39.1. The van der Waals surface area contributed by atoms with E-state index in [-0.39, 0.29) is 52.6 Å². The van der Waals surface area contributed by atoms with E-state index in [9.17, 15) is 25.2 Å². The highest BCUT2D eigenvalue weighted by atomic mass is 16.6. The van der Waals surface area contributed by atoms with Crippen LogP contribution in [0.4, 0.5) is 0 Å². The first-order valence-electron chi connectivity index (χ1n) is 23.1. The second-order valence-electron chi connectivity index (χ2n) is 22.0. The number of ether oxygens (including phenoxy) is 1. The number of fused-ring (bicyclic) bond motifs is 7. The van der Waals surface area contributed by atoms with Crippen LogP contribution in [0.1, 0.15) is 175 Å². The molecular formula is C49H76O6. The number of carboxylic acid groups (broad SMARTS) is 1. The zero-order valence-electron chi connectivity index (χ0n) is 35.2. The lowest BCUT2D eigenvalue weighted by Gasteiger charge is -2.78. The monoisotopic (exact) mass is 761 g/mol. The second-order valence-corrected chi connectivity index (χ2v) is 22.0. The molecule has 0 aromatic heterocycles.